The van der Waals surface area contributed by atoms with E-state index in [2.05, 4.69) is 10.6 Å². The van der Waals surface area contributed by atoms with Crippen LogP contribution >= 0.6 is 0 Å². The van der Waals surface area contributed by atoms with Gasteiger partial charge in [0.2, 0.25) is 0 Å². The predicted molar refractivity (Wildman–Crippen MR) is 73.6 cm³/mol. The molecule has 0 aromatic heterocycles. The third kappa shape index (κ3) is 5.70. The summed E-state index contributed by atoms with van der Waals surface area (Å²) >= 11 is 0. The zero-order valence-electron chi connectivity index (χ0n) is 11.5. The molecule has 0 fully saturated rings. The van der Waals surface area contributed by atoms with Crippen molar-refractivity contribution in [2.45, 2.75) is 33.3 Å². The van der Waals surface area contributed by atoms with Crippen LogP contribution in [0.1, 0.15) is 25.8 Å². The highest BCUT2D eigenvalue weighted by molar-refractivity contribution is 5.89. The van der Waals surface area contributed by atoms with Crippen molar-refractivity contribution in [2.75, 3.05) is 11.9 Å². The number of benzene rings is 1. The maximum atomic E-state index is 13.3. The van der Waals surface area contributed by atoms with Gasteiger partial charge in [-0.3, -0.25) is 0 Å². The molecule has 2 unspecified atom stereocenters. The van der Waals surface area contributed by atoms with E-state index in [9.17, 15) is 14.3 Å². The predicted octanol–water partition coefficient (Wildman–Crippen LogP) is 2.66. The van der Waals surface area contributed by atoms with Crippen LogP contribution in [0.3, 0.4) is 0 Å². The average Bonchev–Trinajstić information content (AvgIpc) is 2.30. The zero-order valence-corrected chi connectivity index (χ0v) is 11.5. The maximum Gasteiger partial charge on any atom is 0.319 e. The number of hydrogen-bond donors (Lipinski definition) is 3. The summed E-state index contributed by atoms with van der Waals surface area (Å²) in [6.07, 6.45) is 0.241. The number of rotatable bonds is 5. The molecule has 0 saturated carbocycles. The molecular formula is C14H21FN2O2. The fourth-order valence-electron chi connectivity index (χ4n) is 1.78. The molecule has 1 rings (SSSR count). The monoisotopic (exact) mass is 268 g/mol. The van der Waals surface area contributed by atoms with Gasteiger partial charge < -0.3 is 15.7 Å². The SMILES string of the molecule is Cc1ccc(NC(=O)NCC(C)CC(C)O)cc1F. The van der Waals surface area contributed by atoms with Crippen molar-refractivity contribution in [1.29, 1.82) is 0 Å². The Balaban J connectivity index is 2.40. The van der Waals surface area contributed by atoms with Crippen LogP contribution in [0.5, 0.6) is 0 Å². The van der Waals surface area contributed by atoms with Gasteiger partial charge >= 0.3 is 6.03 Å². The van der Waals surface area contributed by atoms with E-state index in [0.717, 1.165) is 0 Å². The molecule has 3 N–H and O–H groups in total. The summed E-state index contributed by atoms with van der Waals surface area (Å²) in [5.41, 5.74) is 0.959. The molecule has 0 aliphatic rings. The van der Waals surface area contributed by atoms with E-state index in [1.165, 1.54) is 6.07 Å². The molecule has 19 heavy (non-hydrogen) atoms. The number of carbonyl (C=O) groups excluding carboxylic acids is 1. The lowest BCUT2D eigenvalue weighted by atomic mass is 10.1. The molecule has 0 aliphatic heterocycles. The van der Waals surface area contributed by atoms with Crippen molar-refractivity contribution in [3.8, 4) is 0 Å². The second-order valence-corrected chi connectivity index (χ2v) is 4.99. The molecule has 2 amide bonds. The van der Waals surface area contributed by atoms with E-state index in [0.29, 0.717) is 24.2 Å². The maximum absolute atomic E-state index is 13.3. The Morgan fingerprint density at radius 3 is 2.68 bits per heavy atom. The third-order valence-electron chi connectivity index (χ3n) is 2.78. The number of aliphatic hydroxyl groups excluding tert-OH is 1. The van der Waals surface area contributed by atoms with Gasteiger partial charge in [-0.25, -0.2) is 9.18 Å². The lowest BCUT2D eigenvalue weighted by Crippen LogP contribution is -2.33. The highest BCUT2D eigenvalue weighted by Crippen LogP contribution is 2.13. The quantitative estimate of drug-likeness (QED) is 0.769. The standard InChI is InChI=1S/C14H21FN2O2/c1-9(6-11(3)18)8-16-14(19)17-12-5-4-10(2)13(15)7-12/h4-5,7,9,11,18H,6,8H2,1-3H3,(H2,16,17,19). The number of amides is 2. The summed E-state index contributed by atoms with van der Waals surface area (Å²) in [7, 11) is 0. The van der Waals surface area contributed by atoms with Crippen LogP contribution in [0.4, 0.5) is 14.9 Å². The Kier molecular flexibility index (Phi) is 5.76. The molecule has 0 aliphatic carbocycles. The molecule has 0 spiro atoms. The summed E-state index contributed by atoms with van der Waals surface area (Å²) in [6.45, 7) is 5.78. The van der Waals surface area contributed by atoms with E-state index >= 15 is 0 Å². The number of aliphatic hydroxyl groups is 1. The van der Waals surface area contributed by atoms with Crippen LogP contribution in [0.25, 0.3) is 0 Å². The van der Waals surface area contributed by atoms with E-state index in [1.807, 2.05) is 6.92 Å². The van der Waals surface area contributed by atoms with Crippen molar-refractivity contribution in [2.24, 2.45) is 5.92 Å². The van der Waals surface area contributed by atoms with Gasteiger partial charge in [-0.15, -0.1) is 0 Å². The fourth-order valence-corrected chi connectivity index (χ4v) is 1.78. The molecule has 5 heteroatoms. The largest absolute Gasteiger partial charge is 0.393 e. The number of aryl methyl sites for hydroxylation is 1. The van der Waals surface area contributed by atoms with Gasteiger partial charge in [0.1, 0.15) is 5.82 Å². The Labute approximate surface area is 113 Å². The minimum absolute atomic E-state index is 0.181. The Hall–Kier alpha value is -1.62. The van der Waals surface area contributed by atoms with Gasteiger partial charge in [0.25, 0.3) is 0 Å². The second kappa shape index (κ2) is 7.09. The molecule has 2 atom stereocenters. The average molecular weight is 268 g/mol. The Bertz CT molecular complexity index is 435. The molecule has 4 nitrogen and oxygen atoms in total. The van der Waals surface area contributed by atoms with Gasteiger partial charge in [-0.05, 0) is 43.9 Å². The minimum atomic E-state index is -0.383. The third-order valence-corrected chi connectivity index (χ3v) is 2.78. The zero-order chi connectivity index (χ0) is 14.4. The minimum Gasteiger partial charge on any atom is -0.393 e. The van der Waals surface area contributed by atoms with E-state index in [4.69, 9.17) is 0 Å². The van der Waals surface area contributed by atoms with Gasteiger partial charge in [-0.2, -0.15) is 0 Å². The molecule has 106 valence electrons. The van der Waals surface area contributed by atoms with Crippen LogP contribution < -0.4 is 10.6 Å². The number of urea groups is 1. The fraction of sp³-hybridized carbons (Fsp3) is 0.500. The van der Waals surface area contributed by atoms with Crippen LogP contribution in [0.15, 0.2) is 18.2 Å². The van der Waals surface area contributed by atoms with Crippen molar-refractivity contribution >= 4 is 11.7 Å². The highest BCUT2D eigenvalue weighted by atomic mass is 19.1. The molecule has 0 bridgehead atoms. The summed E-state index contributed by atoms with van der Waals surface area (Å²) in [4.78, 5) is 11.6. The Morgan fingerprint density at radius 1 is 1.42 bits per heavy atom. The summed E-state index contributed by atoms with van der Waals surface area (Å²) in [5.74, 6) is -0.166. The Morgan fingerprint density at radius 2 is 2.11 bits per heavy atom. The molecule has 1 aromatic rings. The number of carbonyl (C=O) groups is 1. The first-order valence-corrected chi connectivity index (χ1v) is 6.37. The molecule has 1 aromatic carbocycles. The van der Waals surface area contributed by atoms with E-state index in [1.54, 1.807) is 26.0 Å². The van der Waals surface area contributed by atoms with E-state index < -0.39 is 0 Å². The van der Waals surface area contributed by atoms with Crippen molar-refractivity contribution in [3.05, 3.63) is 29.6 Å². The molecule has 0 radical (unpaired) electrons. The van der Waals surface area contributed by atoms with Gasteiger partial charge in [0.05, 0.1) is 6.10 Å². The van der Waals surface area contributed by atoms with Crippen molar-refractivity contribution < 1.29 is 14.3 Å². The number of hydrogen-bond acceptors (Lipinski definition) is 2. The van der Waals surface area contributed by atoms with Crippen LogP contribution in [-0.4, -0.2) is 23.8 Å². The number of anilines is 1. The molecular weight excluding hydrogens is 247 g/mol. The molecule has 0 saturated heterocycles. The number of halogens is 1. The highest BCUT2D eigenvalue weighted by Gasteiger charge is 2.09. The smallest absolute Gasteiger partial charge is 0.319 e. The second-order valence-electron chi connectivity index (χ2n) is 4.99. The topological polar surface area (TPSA) is 61.4 Å². The van der Waals surface area contributed by atoms with Crippen LogP contribution in [0.2, 0.25) is 0 Å². The van der Waals surface area contributed by atoms with Crippen molar-refractivity contribution in [1.82, 2.24) is 5.32 Å². The lowest BCUT2D eigenvalue weighted by Gasteiger charge is -2.14. The van der Waals surface area contributed by atoms with Crippen LogP contribution in [0, 0.1) is 18.7 Å². The lowest BCUT2D eigenvalue weighted by molar-refractivity contribution is 0.163. The summed E-state index contributed by atoms with van der Waals surface area (Å²) in [5, 5.41) is 14.5. The first kappa shape index (κ1) is 15.4. The summed E-state index contributed by atoms with van der Waals surface area (Å²) in [6, 6.07) is 4.17. The normalized spacial score (nSPS) is 13.7. The van der Waals surface area contributed by atoms with Gasteiger partial charge in [-0.1, -0.05) is 13.0 Å². The number of nitrogens with one attached hydrogen (secondary N) is 2. The first-order valence-electron chi connectivity index (χ1n) is 6.37. The van der Waals surface area contributed by atoms with Crippen LogP contribution in [-0.2, 0) is 0 Å². The summed E-state index contributed by atoms with van der Waals surface area (Å²) < 4.78 is 13.3. The molecule has 0 heterocycles. The first-order chi connectivity index (χ1) is 8.88. The van der Waals surface area contributed by atoms with Gasteiger partial charge in [0, 0.05) is 12.2 Å². The van der Waals surface area contributed by atoms with Crippen molar-refractivity contribution in [3.63, 3.8) is 0 Å². The van der Waals surface area contributed by atoms with Gasteiger partial charge in [0.15, 0.2) is 0 Å². The van der Waals surface area contributed by atoms with E-state index in [-0.39, 0.29) is 23.9 Å².